The fraction of sp³-hybridized carbons (Fsp3) is 0.143. The number of amides is 1. The molecule has 1 N–H and O–H groups in total. The largest absolute Gasteiger partial charge is 0.505 e. The molecule has 0 aliphatic heterocycles. The summed E-state index contributed by atoms with van der Waals surface area (Å²) in [6, 6.07) is 9.42. The zero-order chi connectivity index (χ0) is 13.8. The first-order chi connectivity index (χ1) is 9.09. The fourth-order valence-electron chi connectivity index (χ4n) is 1.64. The molecule has 2 rings (SSSR count). The molecule has 5 heteroatoms. The molecule has 0 bridgehead atoms. The standard InChI is InChI=1S/C14H14FN2O2/c1-10(16-14(18)13-8-5-9-19-13)17(2)12-7-4-3-6-11(12)15/h3-10H,2H2,1H3,(H,16,18)/q-1. The summed E-state index contributed by atoms with van der Waals surface area (Å²) >= 11 is 0. The van der Waals surface area contributed by atoms with E-state index in [4.69, 9.17) is 4.42 Å². The van der Waals surface area contributed by atoms with Crippen molar-refractivity contribution in [2.24, 2.45) is 0 Å². The Bertz CT molecular complexity index is 554. The molecule has 19 heavy (non-hydrogen) atoms. The molecule has 1 heterocycles. The van der Waals surface area contributed by atoms with Crippen molar-refractivity contribution in [1.29, 1.82) is 0 Å². The predicted octanol–water partition coefficient (Wildman–Crippen LogP) is 2.79. The monoisotopic (exact) mass is 261 g/mol. The van der Waals surface area contributed by atoms with E-state index < -0.39 is 12.0 Å². The number of nitrogens with one attached hydrogen (secondary N) is 1. The minimum atomic E-state index is -0.477. The van der Waals surface area contributed by atoms with Gasteiger partial charge in [0.05, 0.1) is 12.4 Å². The molecule has 0 radical (unpaired) electrons. The summed E-state index contributed by atoms with van der Waals surface area (Å²) in [6.07, 6.45) is 0.938. The lowest BCUT2D eigenvalue weighted by Crippen LogP contribution is -2.43. The first-order valence-corrected chi connectivity index (χ1v) is 5.78. The quantitative estimate of drug-likeness (QED) is 0.680. The number of carbonyl (C=O) groups excluding carboxylic acids is 1. The van der Waals surface area contributed by atoms with Crippen LogP contribution in [0.5, 0.6) is 0 Å². The summed E-state index contributed by atoms with van der Waals surface area (Å²) in [7, 11) is 3.75. The van der Waals surface area contributed by atoms with Crippen LogP contribution in [0.1, 0.15) is 17.5 Å². The van der Waals surface area contributed by atoms with Crippen LogP contribution in [0, 0.1) is 12.9 Å². The Morgan fingerprint density at radius 3 is 2.74 bits per heavy atom. The topological polar surface area (TPSA) is 45.5 Å². The minimum Gasteiger partial charge on any atom is -0.505 e. The van der Waals surface area contributed by atoms with Crippen molar-refractivity contribution >= 4 is 11.6 Å². The summed E-state index contributed by atoms with van der Waals surface area (Å²) in [5, 5.41) is 2.67. The number of hydrogen-bond acceptors (Lipinski definition) is 3. The molecule has 100 valence electrons. The first-order valence-electron chi connectivity index (χ1n) is 5.78. The third-order valence-electron chi connectivity index (χ3n) is 2.71. The lowest BCUT2D eigenvalue weighted by Gasteiger charge is -2.35. The van der Waals surface area contributed by atoms with Crippen molar-refractivity contribution in [3.63, 3.8) is 0 Å². The summed E-state index contributed by atoms with van der Waals surface area (Å²) in [6.45, 7) is 1.71. The Hall–Kier alpha value is -2.30. The molecule has 1 aromatic heterocycles. The van der Waals surface area contributed by atoms with Gasteiger partial charge in [0.2, 0.25) is 0 Å². The normalized spacial score (nSPS) is 11.9. The van der Waals surface area contributed by atoms with Gasteiger partial charge in [0, 0.05) is 5.69 Å². The molecule has 0 spiro atoms. The third kappa shape index (κ3) is 2.93. The van der Waals surface area contributed by atoms with E-state index in [0.717, 1.165) is 0 Å². The second-order valence-corrected chi connectivity index (χ2v) is 4.05. The van der Waals surface area contributed by atoms with Crippen molar-refractivity contribution in [1.82, 2.24) is 5.32 Å². The number of anilines is 1. The van der Waals surface area contributed by atoms with E-state index >= 15 is 0 Å². The van der Waals surface area contributed by atoms with Crippen molar-refractivity contribution in [3.05, 3.63) is 61.3 Å². The maximum absolute atomic E-state index is 13.6. The number of furan rings is 1. The Balaban J connectivity index is 2.06. The highest BCUT2D eigenvalue weighted by Gasteiger charge is 2.14. The fourth-order valence-corrected chi connectivity index (χ4v) is 1.64. The van der Waals surface area contributed by atoms with Crippen LogP contribution in [0.25, 0.3) is 0 Å². The van der Waals surface area contributed by atoms with Gasteiger partial charge in [-0.25, -0.2) is 4.39 Å². The Labute approximate surface area is 110 Å². The average molecular weight is 261 g/mol. The van der Waals surface area contributed by atoms with Crippen LogP contribution in [0.2, 0.25) is 0 Å². The number of carbonyl (C=O) groups is 1. The maximum atomic E-state index is 13.6. The second kappa shape index (κ2) is 5.56. The van der Waals surface area contributed by atoms with Crippen LogP contribution < -0.4 is 10.2 Å². The van der Waals surface area contributed by atoms with E-state index in [1.807, 2.05) is 0 Å². The van der Waals surface area contributed by atoms with Crippen molar-refractivity contribution in [2.75, 3.05) is 4.90 Å². The summed E-state index contributed by atoms with van der Waals surface area (Å²) in [5.74, 6) is -0.562. The first kappa shape index (κ1) is 13.1. The molecule has 4 nitrogen and oxygen atoms in total. The van der Waals surface area contributed by atoms with Gasteiger partial charge in [-0.15, -0.1) is 0 Å². The zero-order valence-corrected chi connectivity index (χ0v) is 10.5. The molecule has 1 atom stereocenters. The summed E-state index contributed by atoms with van der Waals surface area (Å²) < 4.78 is 18.6. The molecule has 1 amide bonds. The van der Waals surface area contributed by atoms with Gasteiger partial charge in [0.15, 0.2) is 5.76 Å². The molecule has 2 aromatic rings. The van der Waals surface area contributed by atoms with Gasteiger partial charge in [-0.2, -0.15) is 0 Å². The smallest absolute Gasteiger partial charge is 0.288 e. The van der Waals surface area contributed by atoms with Gasteiger partial charge in [-0.1, -0.05) is 12.1 Å². The lowest BCUT2D eigenvalue weighted by atomic mass is 10.2. The number of halogens is 1. The van der Waals surface area contributed by atoms with Crippen molar-refractivity contribution in [3.8, 4) is 0 Å². The average Bonchev–Trinajstić information content (AvgIpc) is 2.92. The van der Waals surface area contributed by atoms with E-state index in [-0.39, 0.29) is 11.7 Å². The molecule has 0 saturated carbocycles. The third-order valence-corrected chi connectivity index (χ3v) is 2.71. The highest BCUT2D eigenvalue weighted by molar-refractivity contribution is 5.91. The van der Waals surface area contributed by atoms with E-state index in [0.29, 0.717) is 5.69 Å². The highest BCUT2D eigenvalue weighted by atomic mass is 19.1. The Morgan fingerprint density at radius 1 is 1.37 bits per heavy atom. The molecule has 0 saturated heterocycles. The van der Waals surface area contributed by atoms with Crippen LogP contribution in [0.4, 0.5) is 10.1 Å². The molecule has 1 unspecified atom stereocenters. The number of hydrogen-bond donors (Lipinski definition) is 1. The Kier molecular flexibility index (Phi) is 3.85. The van der Waals surface area contributed by atoms with Crippen LogP contribution in [0.3, 0.4) is 0 Å². The Morgan fingerprint density at radius 2 is 2.11 bits per heavy atom. The van der Waals surface area contributed by atoms with Crippen LogP contribution in [-0.4, -0.2) is 12.1 Å². The summed E-state index contributed by atoms with van der Waals surface area (Å²) in [4.78, 5) is 13.2. The van der Waals surface area contributed by atoms with Gasteiger partial charge in [0.25, 0.3) is 5.91 Å². The van der Waals surface area contributed by atoms with E-state index in [2.05, 4.69) is 12.4 Å². The van der Waals surface area contributed by atoms with E-state index in [1.165, 1.54) is 17.2 Å². The number of nitrogens with zero attached hydrogens (tertiary/aromatic N) is 1. The second-order valence-electron chi connectivity index (χ2n) is 4.05. The number of para-hydroxylation sites is 1. The molecule has 0 aliphatic carbocycles. The van der Waals surface area contributed by atoms with Crippen molar-refractivity contribution in [2.45, 2.75) is 13.1 Å². The van der Waals surface area contributed by atoms with Crippen LogP contribution >= 0.6 is 0 Å². The van der Waals surface area contributed by atoms with Gasteiger partial charge < -0.3 is 14.6 Å². The van der Waals surface area contributed by atoms with Gasteiger partial charge in [-0.05, 0) is 31.2 Å². The highest BCUT2D eigenvalue weighted by Crippen LogP contribution is 2.19. The number of rotatable bonds is 4. The number of benzene rings is 1. The predicted molar refractivity (Wildman–Crippen MR) is 69.9 cm³/mol. The van der Waals surface area contributed by atoms with Crippen LogP contribution in [-0.2, 0) is 0 Å². The van der Waals surface area contributed by atoms with Gasteiger partial charge in [0.1, 0.15) is 5.82 Å². The lowest BCUT2D eigenvalue weighted by molar-refractivity contribution is 0.0912. The van der Waals surface area contributed by atoms with Gasteiger partial charge >= 0.3 is 0 Å². The molecular weight excluding hydrogens is 247 g/mol. The maximum Gasteiger partial charge on any atom is 0.288 e. The molecular formula is C14H14FN2O2-. The molecule has 1 aromatic carbocycles. The van der Waals surface area contributed by atoms with E-state index in [1.54, 1.807) is 37.3 Å². The molecule has 0 aliphatic rings. The zero-order valence-electron chi connectivity index (χ0n) is 10.5. The summed E-state index contributed by atoms with van der Waals surface area (Å²) in [5.41, 5.74) is 0.315. The minimum absolute atomic E-state index is 0.203. The SMILES string of the molecule is [CH2-]N(c1ccccc1F)C(C)NC(=O)c1ccco1. The van der Waals surface area contributed by atoms with Crippen molar-refractivity contribution < 1.29 is 13.6 Å². The van der Waals surface area contributed by atoms with Gasteiger partial charge in [-0.3, -0.25) is 11.8 Å². The molecule has 0 fully saturated rings. The van der Waals surface area contributed by atoms with Crippen LogP contribution in [0.15, 0.2) is 47.1 Å². The van der Waals surface area contributed by atoms with E-state index in [9.17, 15) is 9.18 Å².